The standard InChI is InChI=1S/C15H25BF/c1-4-6-7-13(5-2)11-16-15-10-14(17)9-8-12(15)3/h8-10,13H,4-7,11,16H2,1-3H3/q-1. The molecular weight excluding hydrogens is 210 g/mol. The summed E-state index contributed by atoms with van der Waals surface area (Å²) in [5.41, 5.74) is 2.58. The van der Waals surface area contributed by atoms with Crippen molar-refractivity contribution in [3.8, 4) is 0 Å². The van der Waals surface area contributed by atoms with E-state index < -0.39 is 0 Å². The van der Waals surface area contributed by atoms with E-state index in [1.54, 1.807) is 12.1 Å². The Morgan fingerprint density at radius 1 is 1.29 bits per heavy atom. The third-order valence-electron chi connectivity index (χ3n) is 4.17. The summed E-state index contributed by atoms with van der Waals surface area (Å²) in [6, 6.07) is 5.24. The van der Waals surface area contributed by atoms with Crippen LogP contribution in [0.1, 0.15) is 45.1 Å². The molecule has 1 rings (SSSR count). The molecule has 0 nitrogen and oxygen atoms in total. The first kappa shape index (κ1) is 14.3. The average molecular weight is 235 g/mol. The highest BCUT2D eigenvalue weighted by Gasteiger charge is 2.03. The Kier molecular flexibility index (Phi) is 6.32. The normalized spacial score (nSPS) is 12.7. The SMILES string of the molecule is CCCCC(CC)C[BH2-]c1cc(F)ccc1C. The Morgan fingerprint density at radius 3 is 2.71 bits per heavy atom. The molecule has 0 amide bonds. The van der Waals surface area contributed by atoms with Crippen LogP contribution >= 0.6 is 0 Å². The van der Waals surface area contributed by atoms with Crippen LogP contribution < -0.4 is 5.46 Å². The first-order valence-corrected chi connectivity index (χ1v) is 7.27. The van der Waals surface area contributed by atoms with E-state index in [9.17, 15) is 4.39 Å². The minimum Gasteiger partial charge on any atom is -0.211 e. The van der Waals surface area contributed by atoms with Crippen LogP contribution in [0.2, 0.25) is 6.32 Å². The molecule has 0 saturated carbocycles. The lowest BCUT2D eigenvalue weighted by Crippen LogP contribution is -2.20. The smallest absolute Gasteiger partial charge is 0.120 e. The maximum Gasteiger partial charge on any atom is 0.120 e. The lowest BCUT2D eigenvalue weighted by Gasteiger charge is -2.19. The zero-order valence-corrected chi connectivity index (χ0v) is 11.7. The molecule has 0 aliphatic carbocycles. The molecule has 0 fully saturated rings. The maximum absolute atomic E-state index is 13.2. The maximum atomic E-state index is 13.2. The minimum atomic E-state index is -0.157. The van der Waals surface area contributed by atoms with Gasteiger partial charge in [-0.25, -0.2) is 9.85 Å². The van der Waals surface area contributed by atoms with E-state index in [1.165, 1.54) is 43.0 Å². The summed E-state index contributed by atoms with van der Waals surface area (Å²) in [5.74, 6) is 0.786. The molecule has 0 radical (unpaired) electrons. The Bertz CT molecular complexity index is 336. The van der Waals surface area contributed by atoms with Crippen molar-refractivity contribution in [3.63, 3.8) is 0 Å². The van der Waals surface area contributed by atoms with E-state index in [0.717, 1.165) is 5.92 Å². The summed E-state index contributed by atoms with van der Waals surface area (Å²) in [4.78, 5) is 0. The van der Waals surface area contributed by atoms with E-state index in [0.29, 0.717) is 0 Å². The molecule has 0 aliphatic heterocycles. The molecule has 0 aliphatic rings. The first-order chi connectivity index (χ1) is 8.17. The molecule has 1 atom stereocenters. The van der Waals surface area contributed by atoms with E-state index in [1.807, 2.05) is 6.07 Å². The van der Waals surface area contributed by atoms with Crippen LogP contribution in [-0.4, -0.2) is 7.28 Å². The van der Waals surface area contributed by atoms with Gasteiger partial charge in [0.05, 0.1) is 0 Å². The Labute approximate surface area is 106 Å². The van der Waals surface area contributed by atoms with Crippen LogP contribution in [0.15, 0.2) is 18.2 Å². The van der Waals surface area contributed by atoms with E-state index in [-0.39, 0.29) is 13.1 Å². The van der Waals surface area contributed by atoms with Crippen molar-refractivity contribution >= 4 is 12.7 Å². The summed E-state index contributed by atoms with van der Waals surface area (Å²) in [6.45, 7) is 6.63. The fourth-order valence-electron chi connectivity index (χ4n) is 2.78. The fraction of sp³-hybridized carbons (Fsp3) is 0.600. The van der Waals surface area contributed by atoms with Gasteiger partial charge in [-0.1, -0.05) is 63.1 Å². The minimum absolute atomic E-state index is 0.0732. The van der Waals surface area contributed by atoms with Gasteiger partial charge in [-0.2, -0.15) is 6.32 Å². The Morgan fingerprint density at radius 2 is 2.06 bits per heavy atom. The predicted octanol–water partition coefficient (Wildman–Crippen LogP) is 3.56. The quantitative estimate of drug-likeness (QED) is 0.634. The number of unbranched alkanes of at least 4 members (excludes halogenated alkanes) is 1. The zero-order valence-electron chi connectivity index (χ0n) is 11.7. The van der Waals surface area contributed by atoms with E-state index in [4.69, 9.17) is 0 Å². The summed E-state index contributed by atoms with van der Waals surface area (Å²) >= 11 is 0. The lowest BCUT2D eigenvalue weighted by atomic mass is 9.61. The highest BCUT2D eigenvalue weighted by atomic mass is 19.1. The molecular formula is C15H25BF-. The van der Waals surface area contributed by atoms with Crippen molar-refractivity contribution in [3.05, 3.63) is 29.6 Å². The topological polar surface area (TPSA) is 0 Å². The number of aryl methyl sites for hydroxylation is 1. The number of rotatable bonds is 7. The second-order valence-corrected chi connectivity index (χ2v) is 5.41. The van der Waals surface area contributed by atoms with Gasteiger partial charge in [0, 0.05) is 0 Å². The molecule has 1 aromatic rings. The van der Waals surface area contributed by atoms with Crippen molar-refractivity contribution in [1.82, 2.24) is 0 Å². The molecule has 1 unspecified atom stereocenters. The van der Waals surface area contributed by atoms with Gasteiger partial charge in [-0.05, 0) is 20.3 Å². The van der Waals surface area contributed by atoms with Gasteiger partial charge in [0.15, 0.2) is 0 Å². The van der Waals surface area contributed by atoms with Crippen LogP contribution in [0.25, 0.3) is 0 Å². The average Bonchev–Trinajstić information content (AvgIpc) is 2.33. The third-order valence-corrected chi connectivity index (χ3v) is 4.17. The van der Waals surface area contributed by atoms with Gasteiger partial charge in [0.25, 0.3) is 0 Å². The first-order valence-electron chi connectivity index (χ1n) is 7.27. The van der Waals surface area contributed by atoms with Crippen LogP contribution in [0.5, 0.6) is 0 Å². The van der Waals surface area contributed by atoms with Crippen molar-refractivity contribution in [1.29, 1.82) is 0 Å². The van der Waals surface area contributed by atoms with Gasteiger partial charge in [-0.3, -0.25) is 0 Å². The molecule has 0 bridgehead atoms. The van der Waals surface area contributed by atoms with Gasteiger partial charge >= 0.3 is 0 Å². The van der Waals surface area contributed by atoms with Crippen molar-refractivity contribution in [2.45, 2.75) is 52.8 Å². The van der Waals surface area contributed by atoms with Gasteiger partial charge < -0.3 is 0 Å². The van der Waals surface area contributed by atoms with Crippen molar-refractivity contribution < 1.29 is 4.39 Å². The molecule has 17 heavy (non-hydrogen) atoms. The molecule has 0 heterocycles. The van der Waals surface area contributed by atoms with Crippen LogP contribution in [0.3, 0.4) is 0 Å². The summed E-state index contributed by atoms with van der Waals surface area (Å²) in [6.07, 6.45) is 6.58. The monoisotopic (exact) mass is 235 g/mol. The van der Waals surface area contributed by atoms with Crippen molar-refractivity contribution in [2.75, 3.05) is 0 Å². The summed E-state index contributed by atoms with van der Waals surface area (Å²) in [7, 11) is -0.157. The Hall–Kier alpha value is -0.785. The van der Waals surface area contributed by atoms with Gasteiger partial charge in [0.1, 0.15) is 5.82 Å². The number of halogens is 1. The van der Waals surface area contributed by atoms with Gasteiger partial charge in [-0.15, -0.1) is 0 Å². The lowest BCUT2D eigenvalue weighted by molar-refractivity contribution is 0.491. The highest BCUT2D eigenvalue weighted by molar-refractivity contribution is 6.54. The fourth-order valence-corrected chi connectivity index (χ4v) is 2.78. The molecule has 2 heteroatoms. The van der Waals surface area contributed by atoms with Crippen LogP contribution in [0.4, 0.5) is 4.39 Å². The summed E-state index contributed by atoms with van der Waals surface area (Å²) in [5, 5.41) is 0. The number of hydrogen-bond donors (Lipinski definition) is 0. The second kappa shape index (κ2) is 7.52. The molecule has 96 valence electrons. The van der Waals surface area contributed by atoms with Crippen LogP contribution in [0, 0.1) is 18.7 Å². The molecule has 1 aromatic carbocycles. The molecule has 0 N–H and O–H groups in total. The largest absolute Gasteiger partial charge is 0.211 e. The molecule has 0 spiro atoms. The van der Waals surface area contributed by atoms with Crippen molar-refractivity contribution in [2.24, 2.45) is 5.92 Å². The highest BCUT2D eigenvalue weighted by Crippen LogP contribution is 2.16. The Balaban J connectivity index is 2.50. The van der Waals surface area contributed by atoms with Gasteiger partial charge in [0.2, 0.25) is 0 Å². The van der Waals surface area contributed by atoms with E-state index in [2.05, 4.69) is 20.8 Å². The molecule has 0 aromatic heterocycles. The second-order valence-electron chi connectivity index (χ2n) is 5.41. The molecule has 0 saturated heterocycles. The zero-order chi connectivity index (χ0) is 12.7. The number of benzene rings is 1. The van der Waals surface area contributed by atoms with E-state index >= 15 is 0 Å². The van der Waals surface area contributed by atoms with Crippen LogP contribution in [-0.2, 0) is 0 Å². The third kappa shape index (κ3) is 4.93. The number of hydrogen-bond acceptors (Lipinski definition) is 0. The summed E-state index contributed by atoms with van der Waals surface area (Å²) < 4.78 is 13.2. The predicted molar refractivity (Wildman–Crippen MR) is 77.4 cm³/mol.